The van der Waals surface area contributed by atoms with Crippen molar-refractivity contribution in [3.63, 3.8) is 0 Å². The number of nitrogens with zero attached hydrogens (tertiary/aromatic N) is 3. The largest absolute Gasteiger partial charge is 0.497 e. The fraction of sp³-hybridized carbons (Fsp3) is 0.167. The molecule has 8 nitrogen and oxygen atoms in total. The smallest absolute Gasteiger partial charge is 0.270 e. The first-order valence-corrected chi connectivity index (χ1v) is 12.8. The van der Waals surface area contributed by atoms with Crippen molar-refractivity contribution >= 4 is 23.0 Å². The van der Waals surface area contributed by atoms with Gasteiger partial charge < -0.3 is 14.2 Å². The van der Waals surface area contributed by atoms with Crippen molar-refractivity contribution in [2.24, 2.45) is 5.10 Å². The van der Waals surface area contributed by atoms with Crippen molar-refractivity contribution in [3.05, 3.63) is 128 Å². The van der Waals surface area contributed by atoms with Gasteiger partial charge in [0, 0.05) is 34.7 Å². The quantitative estimate of drug-likeness (QED) is 0.183. The van der Waals surface area contributed by atoms with Crippen LogP contribution in [0.15, 0.2) is 96.1 Å². The van der Waals surface area contributed by atoms with Gasteiger partial charge in [0.25, 0.3) is 5.69 Å². The van der Waals surface area contributed by atoms with Gasteiger partial charge in [-0.05, 0) is 77.9 Å². The lowest BCUT2D eigenvalue weighted by Crippen LogP contribution is -2.33. The Morgan fingerprint density at radius 2 is 1.72 bits per heavy atom. The summed E-state index contributed by atoms with van der Waals surface area (Å²) >= 11 is 5.97. The number of benzene rings is 4. The molecule has 0 saturated heterocycles. The molecule has 0 radical (unpaired) electrons. The van der Waals surface area contributed by atoms with Crippen LogP contribution in [0, 0.1) is 10.1 Å². The lowest BCUT2D eigenvalue weighted by molar-refractivity contribution is -0.385. The Balaban J connectivity index is 1.29. The van der Waals surface area contributed by atoms with Crippen LogP contribution in [0.2, 0.25) is 5.02 Å². The molecule has 0 fully saturated rings. The maximum absolute atomic E-state index is 11.5. The Hall–Kier alpha value is -4.56. The van der Waals surface area contributed by atoms with E-state index < -0.39 is 6.23 Å². The van der Waals surface area contributed by atoms with Gasteiger partial charge in [-0.2, -0.15) is 5.10 Å². The Kier molecular flexibility index (Phi) is 6.54. The van der Waals surface area contributed by atoms with Crippen molar-refractivity contribution in [1.29, 1.82) is 0 Å². The van der Waals surface area contributed by atoms with E-state index in [1.54, 1.807) is 19.2 Å². The summed E-state index contributed by atoms with van der Waals surface area (Å²) in [5.41, 5.74) is 4.51. The number of hydrazone groups is 1. The molecule has 9 heteroatoms. The molecule has 0 aromatic heterocycles. The molecule has 0 saturated carbocycles. The van der Waals surface area contributed by atoms with Gasteiger partial charge in [-0.1, -0.05) is 23.7 Å². The molecule has 2 aliphatic heterocycles. The van der Waals surface area contributed by atoms with Crippen LogP contribution in [0.1, 0.15) is 40.9 Å². The van der Waals surface area contributed by atoms with Crippen LogP contribution in [0.25, 0.3) is 0 Å². The van der Waals surface area contributed by atoms with Crippen molar-refractivity contribution in [3.8, 4) is 17.2 Å². The number of hydrogen-bond donors (Lipinski definition) is 0. The number of ether oxygens (including phenoxy) is 3. The summed E-state index contributed by atoms with van der Waals surface area (Å²) in [6.07, 6.45) is 0.0767. The minimum atomic E-state index is -0.509. The normalized spacial score (nSPS) is 17.5. The molecule has 4 aromatic carbocycles. The highest BCUT2D eigenvalue weighted by molar-refractivity contribution is 6.30. The standard InChI is InChI=1S/C30H24ClN3O5/c1-37-24-11-4-20(5-12-24)27-17-28-26-16-23(34(35)36)10-15-29(26)39-30(33(28)32-27)21-6-13-25(14-7-21)38-18-19-2-8-22(31)9-3-19/h2-16,28,30H,17-18H2,1H3. The zero-order valence-corrected chi connectivity index (χ0v) is 21.7. The number of rotatable bonds is 7. The van der Waals surface area contributed by atoms with E-state index in [0.717, 1.165) is 39.5 Å². The summed E-state index contributed by atoms with van der Waals surface area (Å²) in [7, 11) is 1.63. The van der Waals surface area contributed by atoms with Gasteiger partial charge in [0.15, 0.2) is 0 Å². The van der Waals surface area contributed by atoms with Crippen LogP contribution in [-0.2, 0) is 6.61 Å². The maximum Gasteiger partial charge on any atom is 0.270 e. The second-order valence-corrected chi connectivity index (χ2v) is 9.75. The minimum absolute atomic E-state index is 0.0239. The molecule has 0 spiro atoms. The molecule has 2 atom stereocenters. The van der Waals surface area contributed by atoms with E-state index in [2.05, 4.69) is 0 Å². The van der Waals surface area contributed by atoms with Crippen molar-refractivity contribution in [1.82, 2.24) is 5.01 Å². The molecular weight excluding hydrogens is 518 g/mol. The fourth-order valence-corrected chi connectivity index (χ4v) is 4.97. The van der Waals surface area contributed by atoms with E-state index in [-0.39, 0.29) is 16.7 Å². The number of halogens is 1. The van der Waals surface area contributed by atoms with E-state index in [1.807, 2.05) is 77.8 Å². The summed E-state index contributed by atoms with van der Waals surface area (Å²) in [4.78, 5) is 11.1. The van der Waals surface area contributed by atoms with E-state index in [4.69, 9.17) is 30.9 Å². The SMILES string of the molecule is COc1ccc(C2=NN3C(C2)c2cc([N+](=O)[O-])ccc2OC3c2ccc(OCc3ccc(Cl)cc3)cc2)cc1. The third kappa shape index (κ3) is 4.98. The molecule has 6 rings (SSSR count). The number of methoxy groups -OCH3 is 1. The molecule has 2 aliphatic rings. The van der Waals surface area contributed by atoms with Gasteiger partial charge in [0.1, 0.15) is 23.9 Å². The highest BCUT2D eigenvalue weighted by atomic mass is 35.5. The van der Waals surface area contributed by atoms with Gasteiger partial charge in [-0.3, -0.25) is 10.1 Å². The Labute approximate surface area is 230 Å². The molecule has 0 aliphatic carbocycles. The van der Waals surface area contributed by atoms with Gasteiger partial charge in [-0.25, -0.2) is 5.01 Å². The lowest BCUT2D eigenvalue weighted by atomic mass is 9.95. The number of non-ortho nitro benzene ring substituents is 1. The predicted octanol–water partition coefficient (Wildman–Crippen LogP) is 7.08. The summed E-state index contributed by atoms with van der Waals surface area (Å²) < 4.78 is 17.6. The molecule has 39 heavy (non-hydrogen) atoms. The average molecular weight is 542 g/mol. The summed E-state index contributed by atoms with van der Waals surface area (Å²) in [6.45, 7) is 0.423. The third-order valence-corrected chi connectivity index (χ3v) is 7.14. The molecule has 2 heterocycles. The van der Waals surface area contributed by atoms with Crippen LogP contribution in [0.4, 0.5) is 5.69 Å². The number of hydrogen-bond acceptors (Lipinski definition) is 7. The first-order valence-electron chi connectivity index (χ1n) is 12.4. The molecule has 2 unspecified atom stereocenters. The highest BCUT2D eigenvalue weighted by Crippen LogP contribution is 2.48. The van der Waals surface area contributed by atoms with E-state index in [0.29, 0.717) is 23.8 Å². The van der Waals surface area contributed by atoms with Crippen molar-refractivity contribution < 1.29 is 19.1 Å². The van der Waals surface area contributed by atoms with Gasteiger partial charge in [0.2, 0.25) is 6.23 Å². The van der Waals surface area contributed by atoms with Crippen LogP contribution in [0.5, 0.6) is 17.2 Å². The molecule has 196 valence electrons. The topological polar surface area (TPSA) is 86.4 Å². The zero-order chi connectivity index (χ0) is 26.9. The van der Waals surface area contributed by atoms with Crippen molar-refractivity contribution in [2.75, 3.05) is 7.11 Å². The number of fused-ring (bicyclic) bond motifs is 3. The van der Waals surface area contributed by atoms with Gasteiger partial charge in [-0.15, -0.1) is 0 Å². The zero-order valence-electron chi connectivity index (χ0n) is 21.0. The van der Waals surface area contributed by atoms with E-state index in [1.165, 1.54) is 6.07 Å². The Bertz CT molecular complexity index is 1540. The second kappa shape index (κ2) is 10.3. The number of nitro benzene ring substituents is 1. The fourth-order valence-electron chi connectivity index (χ4n) is 4.84. The van der Waals surface area contributed by atoms with Gasteiger partial charge >= 0.3 is 0 Å². The molecule has 0 bridgehead atoms. The second-order valence-electron chi connectivity index (χ2n) is 9.31. The van der Waals surface area contributed by atoms with Crippen molar-refractivity contribution in [2.45, 2.75) is 25.3 Å². The monoisotopic (exact) mass is 541 g/mol. The van der Waals surface area contributed by atoms with E-state index >= 15 is 0 Å². The lowest BCUT2D eigenvalue weighted by Gasteiger charge is -2.38. The highest BCUT2D eigenvalue weighted by Gasteiger charge is 2.41. The predicted molar refractivity (Wildman–Crippen MR) is 147 cm³/mol. The summed E-state index contributed by atoms with van der Waals surface area (Å²) in [5, 5.41) is 19.0. The molecule has 0 N–H and O–H groups in total. The molecule has 4 aromatic rings. The Morgan fingerprint density at radius 1 is 1.00 bits per heavy atom. The molecule has 0 amide bonds. The molecular formula is C30H24ClN3O5. The van der Waals surface area contributed by atoms with Crippen LogP contribution in [-0.4, -0.2) is 22.8 Å². The summed E-state index contributed by atoms with van der Waals surface area (Å²) in [6, 6.07) is 27.5. The van der Waals surface area contributed by atoms with Gasteiger partial charge in [0.05, 0.1) is 23.8 Å². The summed E-state index contributed by atoms with van der Waals surface area (Å²) in [5.74, 6) is 2.10. The average Bonchev–Trinajstić information content (AvgIpc) is 3.42. The first-order chi connectivity index (χ1) is 19.0. The number of nitro groups is 1. The third-order valence-electron chi connectivity index (χ3n) is 6.89. The minimum Gasteiger partial charge on any atom is -0.497 e. The first kappa shape index (κ1) is 24.8. The van der Waals surface area contributed by atoms with E-state index in [9.17, 15) is 10.1 Å². The van der Waals surface area contributed by atoms with Crippen LogP contribution in [0.3, 0.4) is 0 Å². The Morgan fingerprint density at radius 3 is 2.41 bits per heavy atom. The van der Waals surface area contributed by atoms with Crippen LogP contribution >= 0.6 is 11.6 Å². The van der Waals surface area contributed by atoms with Crippen LogP contribution < -0.4 is 14.2 Å². The maximum atomic E-state index is 11.5.